The van der Waals surface area contributed by atoms with E-state index in [0.717, 1.165) is 32.8 Å². The molecule has 7 heteroatoms. The number of carbonyl (C=O) groups is 2. The lowest BCUT2D eigenvalue weighted by atomic mass is 10.0. The molecule has 0 aromatic heterocycles. The second kappa shape index (κ2) is 9.66. The van der Waals surface area contributed by atoms with Gasteiger partial charge in [-0.2, -0.15) is 0 Å². The minimum Gasteiger partial charge on any atom is -0.455 e. The Hall–Kier alpha value is -1.96. The van der Waals surface area contributed by atoms with Crippen LogP contribution in [-0.2, 0) is 30.3 Å². The van der Waals surface area contributed by atoms with Gasteiger partial charge >= 0.3 is 5.97 Å². The number of ether oxygens (including phenoxy) is 3. The first-order valence-electron chi connectivity index (χ1n) is 9.14. The van der Waals surface area contributed by atoms with Gasteiger partial charge in [-0.25, -0.2) is 0 Å². The normalized spacial score (nSPS) is 19.1. The fourth-order valence-corrected chi connectivity index (χ4v) is 3.10. The minimum absolute atomic E-state index is 0.156. The molecule has 1 N–H and O–H groups in total. The van der Waals surface area contributed by atoms with E-state index in [9.17, 15) is 9.59 Å². The Balaban J connectivity index is 1.40. The van der Waals surface area contributed by atoms with Crippen LogP contribution < -0.4 is 5.32 Å². The number of anilines is 1. The number of benzene rings is 1. The van der Waals surface area contributed by atoms with Crippen LogP contribution in [0.25, 0.3) is 0 Å². The van der Waals surface area contributed by atoms with Crippen LogP contribution in [-0.4, -0.2) is 62.9 Å². The molecule has 7 nitrogen and oxygen atoms in total. The average molecular weight is 362 g/mol. The highest BCUT2D eigenvalue weighted by molar-refractivity contribution is 5.92. The first-order chi connectivity index (χ1) is 12.7. The van der Waals surface area contributed by atoms with Crippen LogP contribution in [0.1, 0.15) is 18.4 Å². The topological polar surface area (TPSA) is 77.1 Å². The van der Waals surface area contributed by atoms with Gasteiger partial charge in [-0.3, -0.25) is 14.5 Å². The fraction of sp³-hybridized carbons (Fsp3) is 0.579. The number of hydrogen-bond donors (Lipinski definition) is 1. The van der Waals surface area contributed by atoms with Crippen molar-refractivity contribution < 1.29 is 23.8 Å². The van der Waals surface area contributed by atoms with E-state index < -0.39 is 0 Å². The predicted octanol–water partition coefficient (Wildman–Crippen LogP) is 1.43. The maximum Gasteiger partial charge on any atom is 0.309 e. The van der Waals surface area contributed by atoms with Gasteiger partial charge in [0.25, 0.3) is 5.91 Å². The van der Waals surface area contributed by atoms with Crippen molar-refractivity contribution in [3.05, 3.63) is 29.8 Å². The number of nitrogens with zero attached hydrogens (tertiary/aromatic N) is 1. The van der Waals surface area contributed by atoms with E-state index in [4.69, 9.17) is 14.2 Å². The Morgan fingerprint density at radius 3 is 2.38 bits per heavy atom. The highest BCUT2D eigenvalue weighted by Gasteiger charge is 2.23. The van der Waals surface area contributed by atoms with Gasteiger partial charge in [-0.05, 0) is 30.5 Å². The predicted molar refractivity (Wildman–Crippen MR) is 95.7 cm³/mol. The highest BCUT2D eigenvalue weighted by atomic mass is 16.5. The molecule has 0 atom stereocenters. The molecule has 142 valence electrons. The first kappa shape index (κ1) is 18.8. The van der Waals surface area contributed by atoms with Gasteiger partial charge in [0.1, 0.15) is 0 Å². The molecule has 3 rings (SSSR count). The van der Waals surface area contributed by atoms with Crippen molar-refractivity contribution in [3.8, 4) is 0 Å². The van der Waals surface area contributed by atoms with Gasteiger partial charge < -0.3 is 19.5 Å². The molecule has 0 radical (unpaired) electrons. The molecule has 2 saturated heterocycles. The second-order valence-corrected chi connectivity index (χ2v) is 6.63. The second-order valence-electron chi connectivity index (χ2n) is 6.63. The SMILES string of the molecule is O=C(COC(=O)C1CCOCC1)Nc1ccc(CN2CCOCC2)cc1. The maximum absolute atomic E-state index is 12.0. The summed E-state index contributed by atoms with van der Waals surface area (Å²) in [6.07, 6.45) is 1.32. The quantitative estimate of drug-likeness (QED) is 0.772. The zero-order chi connectivity index (χ0) is 18.2. The molecule has 2 heterocycles. The zero-order valence-corrected chi connectivity index (χ0v) is 14.9. The third-order valence-electron chi connectivity index (χ3n) is 4.65. The third kappa shape index (κ3) is 5.79. The molecule has 0 bridgehead atoms. The van der Waals surface area contributed by atoms with E-state index >= 15 is 0 Å². The maximum atomic E-state index is 12.0. The molecule has 0 spiro atoms. The van der Waals surface area contributed by atoms with E-state index in [-0.39, 0.29) is 24.4 Å². The minimum atomic E-state index is -0.327. The lowest BCUT2D eigenvalue weighted by Crippen LogP contribution is -2.35. The number of nitrogens with one attached hydrogen (secondary N) is 1. The molecule has 1 aromatic carbocycles. The molecule has 2 fully saturated rings. The van der Waals surface area contributed by atoms with Crippen molar-refractivity contribution in [2.75, 3.05) is 51.4 Å². The van der Waals surface area contributed by atoms with Gasteiger partial charge in [0.2, 0.25) is 0 Å². The zero-order valence-electron chi connectivity index (χ0n) is 14.9. The molecular weight excluding hydrogens is 336 g/mol. The molecule has 0 saturated carbocycles. The summed E-state index contributed by atoms with van der Waals surface area (Å²) in [5.41, 5.74) is 1.89. The number of amides is 1. The Morgan fingerprint density at radius 2 is 1.69 bits per heavy atom. The van der Waals surface area contributed by atoms with Crippen molar-refractivity contribution in [1.82, 2.24) is 4.90 Å². The van der Waals surface area contributed by atoms with Crippen LogP contribution in [0.4, 0.5) is 5.69 Å². The van der Waals surface area contributed by atoms with E-state index in [0.29, 0.717) is 31.7 Å². The Labute approximate surface area is 153 Å². The number of hydrogen-bond acceptors (Lipinski definition) is 6. The van der Waals surface area contributed by atoms with Crippen LogP contribution >= 0.6 is 0 Å². The molecular formula is C19H26N2O5. The van der Waals surface area contributed by atoms with Gasteiger partial charge in [0.15, 0.2) is 6.61 Å². The summed E-state index contributed by atoms with van der Waals surface area (Å²) in [5, 5.41) is 2.76. The van der Waals surface area contributed by atoms with Crippen molar-refractivity contribution in [3.63, 3.8) is 0 Å². The third-order valence-corrected chi connectivity index (χ3v) is 4.65. The molecule has 0 aliphatic carbocycles. The summed E-state index contributed by atoms with van der Waals surface area (Å²) in [6, 6.07) is 7.74. The monoisotopic (exact) mass is 362 g/mol. The Bertz CT molecular complexity index is 592. The van der Waals surface area contributed by atoms with Crippen molar-refractivity contribution >= 4 is 17.6 Å². The summed E-state index contributed by atoms with van der Waals surface area (Å²) in [6.45, 7) is 5.20. The van der Waals surface area contributed by atoms with E-state index in [2.05, 4.69) is 10.2 Å². The summed E-state index contributed by atoms with van der Waals surface area (Å²) >= 11 is 0. The van der Waals surface area contributed by atoms with Gasteiger partial charge in [-0.1, -0.05) is 12.1 Å². The summed E-state index contributed by atoms with van der Waals surface area (Å²) in [4.78, 5) is 26.2. The summed E-state index contributed by atoms with van der Waals surface area (Å²) < 4.78 is 15.7. The standard InChI is InChI=1S/C19H26N2O5/c22-18(14-26-19(23)16-5-9-24-10-6-16)20-17-3-1-15(2-4-17)13-21-7-11-25-12-8-21/h1-4,16H,5-14H2,(H,20,22). The summed E-state index contributed by atoms with van der Waals surface area (Å²) in [7, 11) is 0. The molecule has 2 aliphatic rings. The first-order valence-corrected chi connectivity index (χ1v) is 9.14. The van der Waals surface area contributed by atoms with E-state index in [1.165, 1.54) is 5.56 Å². The van der Waals surface area contributed by atoms with Gasteiger partial charge in [0.05, 0.1) is 19.1 Å². The van der Waals surface area contributed by atoms with Crippen molar-refractivity contribution in [1.29, 1.82) is 0 Å². The Kier molecular flexibility index (Phi) is 6.99. The van der Waals surface area contributed by atoms with Crippen molar-refractivity contribution in [2.45, 2.75) is 19.4 Å². The average Bonchev–Trinajstić information content (AvgIpc) is 2.69. The number of carbonyl (C=O) groups excluding carboxylic acids is 2. The molecule has 2 aliphatic heterocycles. The van der Waals surface area contributed by atoms with Gasteiger partial charge in [0, 0.05) is 38.5 Å². The van der Waals surface area contributed by atoms with Crippen LogP contribution in [0.2, 0.25) is 0 Å². The lowest BCUT2D eigenvalue weighted by molar-refractivity contribution is -0.154. The van der Waals surface area contributed by atoms with Crippen molar-refractivity contribution in [2.24, 2.45) is 5.92 Å². The lowest BCUT2D eigenvalue weighted by Gasteiger charge is -2.26. The van der Waals surface area contributed by atoms with E-state index in [1.54, 1.807) is 0 Å². The van der Waals surface area contributed by atoms with E-state index in [1.807, 2.05) is 24.3 Å². The van der Waals surface area contributed by atoms with Crippen LogP contribution in [0.5, 0.6) is 0 Å². The number of morpholine rings is 1. The van der Waals surface area contributed by atoms with Gasteiger partial charge in [-0.15, -0.1) is 0 Å². The largest absolute Gasteiger partial charge is 0.455 e. The molecule has 0 unspecified atom stereocenters. The Morgan fingerprint density at radius 1 is 1.04 bits per heavy atom. The summed E-state index contributed by atoms with van der Waals surface area (Å²) in [5.74, 6) is -0.799. The van der Waals surface area contributed by atoms with Crippen LogP contribution in [0.15, 0.2) is 24.3 Å². The fourth-order valence-electron chi connectivity index (χ4n) is 3.10. The highest BCUT2D eigenvalue weighted by Crippen LogP contribution is 2.16. The number of esters is 1. The van der Waals surface area contributed by atoms with Crippen LogP contribution in [0.3, 0.4) is 0 Å². The molecule has 1 amide bonds. The number of rotatable bonds is 6. The smallest absolute Gasteiger partial charge is 0.309 e. The van der Waals surface area contributed by atoms with Crippen LogP contribution in [0, 0.1) is 5.92 Å². The molecule has 26 heavy (non-hydrogen) atoms. The molecule has 1 aromatic rings.